The van der Waals surface area contributed by atoms with Crippen molar-refractivity contribution in [3.8, 4) is 0 Å². The fourth-order valence-electron chi connectivity index (χ4n) is 7.03. The number of benzene rings is 3. The summed E-state index contributed by atoms with van der Waals surface area (Å²) >= 11 is -3.41. The first-order chi connectivity index (χ1) is 16.7. The Labute approximate surface area is 218 Å². The van der Waals surface area contributed by atoms with Crippen LogP contribution in [-0.4, -0.2) is 33.3 Å². The molecule has 0 saturated heterocycles. The van der Waals surface area contributed by atoms with E-state index in [1.807, 2.05) is 0 Å². The average molecular weight is 589 g/mol. The third kappa shape index (κ3) is 4.49. The Kier molecular flexibility index (Phi) is 7.11. The second-order valence-electron chi connectivity index (χ2n) is 12.5. The molecule has 2 aliphatic rings. The van der Waals surface area contributed by atoms with Crippen molar-refractivity contribution in [2.24, 2.45) is 17.8 Å². The van der Waals surface area contributed by atoms with Crippen LogP contribution >= 0.6 is 0 Å². The van der Waals surface area contributed by atoms with Crippen molar-refractivity contribution in [1.82, 2.24) is 0 Å². The summed E-state index contributed by atoms with van der Waals surface area (Å²) in [6.45, 7) is 12.9. The number of hydrogen-bond donors (Lipinski definition) is 0. The van der Waals surface area contributed by atoms with Crippen molar-refractivity contribution in [3.63, 3.8) is 0 Å². The molecule has 2 bridgehead atoms. The Hall–Kier alpha value is -1.36. The minimum absolute atomic E-state index is 0.249. The molecule has 0 amide bonds. The number of fused-ring (bicyclic) bond motifs is 2. The van der Waals surface area contributed by atoms with Crippen molar-refractivity contribution in [2.75, 3.05) is 6.61 Å². The molecule has 2 fully saturated rings. The summed E-state index contributed by atoms with van der Waals surface area (Å²) in [6.07, 6.45) is 4.20. The molecule has 3 aromatic carbocycles. The van der Waals surface area contributed by atoms with Gasteiger partial charge in [0.2, 0.25) is 0 Å². The van der Waals surface area contributed by atoms with Gasteiger partial charge >= 0.3 is 219 Å². The second-order valence-corrected chi connectivity index (χ2v) is 28.8. The van der Waals surface area contributed by atoms with Gasteiger partial charge in [-0.25, -0.2) is 0 Å². The Balaban J connectivity index is 1.69. The van der Waals surface area contributed by atoms with Crippen LogP contribution in [0.2, 0.25) is 22.1 Å². The van der Waals surface area contributed by atoms with E-state index in [1.54, 1.807) is 10.7 Å². The van der Waals surface area contributed by atoms with Crippen molar-refractivity contribution < 1.29 is 4.43 Å². The van der Waals surface area contributed by atoms with Gasteiger partial charge in [-0.05, 0) is 0 Å². The second kappa shape index (κ2) is 9.83. The van der Waals surface area contributed by atoms with Crippen LogP contribution in [0.15, 0.2) is 91.0 Å². The predicted octanol–water partition coefficient (Wildman–Crippen LogP) is 6.59. The first-order valence-corrected chi connectivity index (χ1v) is 22.4. The summed E-state index contributed by atoms with van der Waals surface area (Å²) in [5.74, 6) is 2.31. The molecule has 2 saturated carbocycles. The van der Waals surface area contributed by atoms with Crippen LogP contribution in [-0.2, 0) is 4.43 Å². The van der Waals surface area contributed by atoms with E-state index in [-0.39, 0.29) is 5.04 Å². The molecule has 4 atom stereocenters. The van der Waals surface area contributed by atoms with Gasteiger partial charge in [0, 0.05) is 0 Å². The first-order valence-electron chi connectivity index (χ1n) is 13.6. The van der Waals surface area contributed by atoms with E-state index in [1.165, 1.54) is 19.3 Å². The fraction of sp³-hybridized carbons (Fsp3) is 0.438. The number of hydrogen-bond acceptors (Lipinski definition) is 1. The molecule has 1 nitrogen and oxygen atoms in total. The zero-order valence-corrected chi connectivity index (χ0v) is 26.1. The summed E-state index contributed by atoms with van der Waals surface area (Å²) in [7, 11) is -1.80. The van der Waals surface area contributed by atoms with Gasteiger partial charge in [0.25, 0.3) is 0 Å². The molecule has 0 N–H and O–H groups in total. The summed E-state index contributed by atoms with van der Waals surface area (Å²) in [4.78, 5) is 0. The van der Waals surface area contributed by atoms with Crippen molar-refractivity contribution in [1.29, 1.82) is 0 Å². The van der Waals surface area contributed by atoms with Gasteiger partial charge < -0.3 is 0 Å². The summed E-state index contributed by atoms with van der Waals surface area (Å²) in [5.41, 5.74) is 0. The molecule has 184 valence electrons. The molecular weight excluding hydrogens is 547 g/mol. The van der Waals surface area contributed by atoms with Crippen molar-refractivity contribution in [2.45, 2.75) is 62.1 Å². The molecule has 2 aliphatic carbocycles. The molecule has 3 aromatic rings. The Morgan fingerprint density at radius 3 is 1.57 bits per heavy atom. The van der Waals surface area contributed by atoms with Gasteiger partial charge in [-0.3, -0.25) is 0 Å². The monoisotopic (exact) mass is 590 g/mol. The van der Waals surface area contributed by atoms with E-state index in [0.717, 1.165) is 22.4 Å². The molecule has 0 aromatic heterocycles. The van der Waals surface area contributed by atoms with Gasteiger partial charge in [0.05, 0.1) is 0 Å². The topological polar surface area (TPSA) is 9.23 Å². The van der Waals surface area contributed by atoms with E-state index >= 15 is 0 Å². The summed E-state index contributed by atoms with van der Waals surface area (Å²) < 4.78 is 12.7. The molecule has 3 heteroatoms. The first kappa shape index (κ1) is 25.3. The zero-order chi connectivity index (χ0) is 24.7. The van der Waals surface area contributed by atoms with Crippen LogP contribution in [0.25, 0.3) is 0 Å². The van der Waals surface area contributed by atoms with Gasteiger partial charge in [-0.15, -0.1) is 0 Å². The van der Waals surface area contributed by atoms with Crippen molar-refractivity contribution in [3.05, 3.63) is 91.0 Å². The fourth-order valence-corrected chi connectivity index (χ4v) is 26.1. The third-order valence-electron chi connectivity index (χ3n) is 9.72. The maximum atomic E-state index is 7.04. The van der Waals surface area contributed by atoms with Crippen LogP contribution in [0.5, 0.6) is 0 Å². The van der Waals surface area contributed by atoms with E-state index in [9.17, 15) is 0 Å². The van der Waals surface area contributed by atoms with Gasteiger partial charge in [0.15, 0.2) is 0 Å². The summed E-state index contributed by atoms with van der Waals surface area (Å²) in [5, 5.41) is 0.249. The molecule has 0 heterocycles. The quantitative estimate of drug-likeness (QED) is 0.283. The maximum absolute atomic E-state index is 7.04. The van der Waals surface area contributed by atoms with Crippen molar-refractivity contribution >= 4 is 37.4 Å². The van der Waals surface area contributed by atoms with Crippen LogP contribution in [0.1, 0.15) is 40.0 Å². The van der Waals surface area contributed by atoms with Gasteiger partial charge in [-0.1, -0.05) is 0 Å². The molecule has 0 spiro atoms. The third-order valence-corrected chi connectivity index (χ3v) is 30.3. The van der Waals surface area contributed by atoms with E-state index in [2.05, 4.69) is 125 Å². The zero-order valence-electron chi connectivity index (χ0n) is 22.2. The predicted molar refractivity (Wildman–Crippen MR) is 155 cm³/mol. The Morgan fingerprint density at radius 2 is 1.14 bits per heavy atom. The van der Waals surface area contributed by atoms with Crippen LogP contribution in [0, 0.1) is 17.8 Å². The average Bonchev–Trinajstić information content (AvgIpc) is 3.47. The minimum atomic E-state index is -3.41. The molecular formula is C32H42OSiSn. The van der Waals surface area contributed by atoms with Crippen LogP contribution in [0.3, 0.4) is 0 Å². The number of rotatable bonds is 7. The Morgan fingerprint density at radius 1 is 0.714 bits per heavy atom. The van der Waals surface area contributed by atoms with E-state index in [4.69, 9.17) is 4.43 Å². The van der Waals surface area contributed by atoms with Crippen LogP contribution in [0.4, 0.5) is 0 Å². The van der Waals surface area contributed by atoms with Gasteiger partial charge in [-0.2, -0.15) is 0 Å². The van der Waals surface area contributed by atoms with Gasteiger partial charge in [0.1, 0.15) is 0 Å². The normalized spacial score (nSPS) is 24.6. The summed E-state index contributed by atoms with van der Waals surface area (Å²) in [6, 6.07) is 35.0. The molecule has 35 heavy (non-hydrogen) atoms. The van der Waals surface area contributed by atoms with Crippen LogP contribution < -0.4 is 10.7 Å². The SMILES string of the molecule is CC(C)(C)[Si](C)(C)OC[C@@H]1[C@@H]2CC[C@@H](C2)[C@H]1[Sn]([c]1ccccc1)([c]1ccccc1)[c]1ccccc1. The standard InChI is InChI=1S/C14H27OSi.3C6H5.Sn/c1-14(2,3)16(4,5)15-10-13-9-11-6-7-12(13)8-11;3*1-2-4-6-5-3-1;/h9,11-13H,6-8,10H2,1-5H3;3*1-5H;/t11-,12+,13+;;;;/m0..../s1. The molecule has 0 radical (unpaired) electrons. The van der Waals surface area contributed by atoms with E-state index in [0.29, 0.717) is 5.92 Å². The molecule has 0 aliphatic heterocycles. The van der Waals surface area contributed by atoms with E-state index < -0.39 is 26.7 Å². The Bertz CT molecular complexity index is 1010. The molecule has 0 unspecified atom stereocenters. The molecule has 5 rings (SSSR count).